The molecule has 0 unspecified atom stereocenters. The fraction of sp³-hybridized carbons (Fsp3) is 0.278. The molecule has 1 heterocycles. The molecule has 2 aromatic rings. The molecule has 0 fully saturated rings. The number of nitrogens with one attached hydrogen (secondary N) is 1. The second-order valence-corrected chi connectivity index (χ2v) is 5.87. The Labute approximate surface area is 145 Å². The lowest BCUT2D eigenvalue weighted by atomic mass is 10.1. The summed E-state index contributed by atoms with van der Waals surface area (Å²) in [6.07, 6.45) is 5.18. The third kappa shape index (κ3) is 5.70. The van der Waals surface area contributed by atoms with Gasteiger partial charge in [-0.2, -0.15) is 0 Å². The summed E-state index contributed by atoms with van der Waals surface area (Å²) in [5.74, 6) is -0.835. The summed E-state index contributed by atoms with van der Waals surface area (Å²) in [6, 6.07) is 13.4. The standard InChI is InChI=1S/C18H20N2O3S/c1-24-17-15(10-6-12-20-17)18(22)23-13-16(21)19-11-5-9-14-7-3-2-4-8-14/h2-4,6-8,10,12H,5,9,11,13H2,1H3,(H,19,21). The number of ether oxygens (including phenoxy) is 1. The average molecular weight is 344 g/mol. The predicted molar refractivity (Wildman–Crippen MR) is 94.1 cm³/mol. The first kappa shape index (κ1) is 18.0. The van der Waals surface area contributed by atoms with Crippen LogP contribution in [-0.2, 0) is 16.0 Å². The van der Waals surface area contributed by atoms with E-state index in [0.29, 0.717) is 17.1 Å². The van der Waals surface area contributed by atoms with Gasteiger partial charge < -0.3 is 10.1 Å². The van der Waals surface area contributed by atoms with Crippen LogP contribution >= 0.6 is 11.8 Å². The molecule has 2 rings (SSSR count). The van der Waals surface area contributed by atoms with E-state index in [2.05, 4.69) is 22.4 Å². The highest BCUT2D eigenvalue weighted by atomic mass is 32.2. The van der Waals surface area contributed by atoms with Crippen LogP contribution in [0.4, 0.5) is 0 Å². The van der Waals surface area contributed by atoms with Crippen molar-refractivity contribution >= 4 is 23.6 Å². The molecule has 126 valence electrons. The number of aromatic nitrogens is 1. The monoisotopic (exact) mass is 344 g/mol. The van der Waals surface area contributed by atoms with Crippen molar-refractivity contribution in [1.29, 1.82) is 0 Å². The lowest BCUT2D eigenvalue weighted by Gasteiger charge is -2.08. The molecule has 1 aromatic carbocycles. The van der Waals surface area contributed by atoms with Gasteiger partial charge in [-0.05, 0) is 36.8 Å². The van der Waals surface area contributed by atoms with Gasteiger partial charge in [0.2, 0.25) is 0 Å². The van der Waals surface area contributed by atoms with Gasteiger partial charge in [-0.3, -0.25) is 4.79 Å². The third-order valence-electron chi connectivity index (χ3n) is 3.33. The Balaban J connectivity index is 1.68. The zero-order valence-electron chi connectivity index (χ0n) is 13.5. The lowest BCUT2D eigenvalue weighted by Crippen LogP contribution is -2.30. The fourth-order valence-electron chi connectivity index (χ4n) is 2.13. The summed E-state index contributed by atoms with van der Waals surface area (Å²) >= 11 is 1.36. The topological polar surface area (TPSA) is 68.3 Å². The molecule has 24 heavy (non-hydrogen) atoms. The maximum atomic E-state index is 12.0. The smallest absolute Gasteiger partial charge is 0.341 e. The fourth-order valence-corrected chi connectivity index (χ4v) is 2.67. The minimum Gasteiger partial charge on any atom is -0.452 e. The molecule has 0 saturated carbocycles. The maximum Gasteiger partial charge on any atom is 0.341 e. The first-order chi connectivity index (χ1) is 11.7. The minimum atomic E-state index is -0.535. The Morgan fingerprint density at radius 3 is 2.71 bits per heavy atom. The number of pyridine rings is 1. The molecule has 1 amide bonds. The van der Waals surface area contributed by atoms with Gasteiger partial charge in [0.05, 0.1) is 5.56 Å². The molecule has 1 N–H and O–H groups in total. The number of rotatable bonds is 8. The number of aryl methyl sites for hydroxylation is 1. The quantitative estimate of drug-likeness (QED) is 0.453. The van der Waals surface area contributed by atoms with Crippen molar-refractivity contribution in [3.05, 3.63) is 59.8 Å². The van der Waals surface area contributed by atoms with Crippen LogP contribution in [0.15, 0.2) is 53.7 Å². The van der Waals surface area contributed by atoms with Crippen molar-refractivity contribution in [3.63, 3.8) is 0 Å². The van der Waals surface area contributed by atoms with Crippen LogP contribution in [-0.4, -0.2) is 36.3 Å². The second kappa shape index (κ2) is 9.72. The molecule has 6 heteroatoms. The van der Waals surface area contributed by atoms with Gasteiger partial charge in [0.15, 0.2) is 6.61 Å². The minimum absolute atomic E-state index is 0.285. The summed E-state index contributed by atoms with van der Waals surface area (Å²) in [4.78, 5) is 27.8. The summed E-state index contributed by atoms with van der Waals surface area (Å²) in [7, 11) is 0. The van der Waals surface area contributed by atoms with Crippen LogP contribution in [0.3, 0.4) is 0 Å². The number of hydrogen-bond donors (Lipinski definition) is 1. The third-order valence-corrected chi connectivity index (χ3v) is 4.04. The van der Waals surface area contributed by atoms with Gasteiger partial charge in [-0.25, -0.2) is 9.78 Å². The molecular formula is C18H20N2O3S. The van der Waals surface area contributed by atoms with Crippen LogP contribution in [0.25, 0.3) is 0 Å². The second-order valence-electron chi connectivity index (χ2n) is 5.08. The Morgan fingerprint density at radius 2 is 1.96 bits per heavy atom. The molecule has 0 radical (unpaired) electrons. The van der Waals surface area contributed by atoms with Crippen LogP contribution < -0.4 is 5.32 Å². The predicted octanol–water partition coefficient (Wildman–Crippen LogP) is 2.71. The first-order valence-corrected chi connectivity index (χ1v) is 8.90. The van der Waals surface area contributed by atoms with E-state index in [9.17, 15) is 9.59 Å². The Morgan fingerprint density at radius 1 is 1.17 bits per heavy atom. The zero-order valence-corrected chi connectivity index (χ0v) is 14.3. The SMILES string of the molecule is CSc1ncccc1C(=O)OCC(=O)NCCCc1ccccc1. The van der Waals surface area contributed by atoms with Gasteiger partial charge in [0.25, 0.3) is 5.91 Å². The summed E-state index contributed by atoms with van der Waals surface area (Å²) in [6.45, 7) is 0.265. The van der Waals surface area contributed by atoms with Gasteiger partial charge in [-0.1, -0.05) is 30.3 Å². The highest BCUT2D eigenvalue weighted by Crippen LogP contribution is 2.17. The molecule has 0 spiro atoms. The van der Waals surface area contributed by atoms with Gasteiger partial charge >= 0.3 is 5.97 Å². The number of hydrogen-bond acceptors (Lipinski definition) is 5. The summed E-state index contributed by atoms with van der Waals surface area (Å²) in [5.41, 5.74) is 1.61. The normalized spacial score (nSPS) is 10.2. The molecule has 0 aliphatic carbocycles. The van der Waals surface area contributed by atoms with E-state index < -0.39 is 5.97 Å². The van der Waals surface area contributed by atoms with Crippen molar-refractivity contribution in [2.75, 3.05) is 19.4 Å². The Bertz CT molecular complexity index is 677. The Hall–Kier alpha value is -2.34. The van der Waals surface area contributed by atoms with Crippen molar-refractivity contribution < 1.29 is 14.3 Å². The van der Waals surface area contributed by atoms with Gasteiger partial charge in [-0.15, -0.1) is 11.8 Å². The van der Waals surface area contributed by atoms with Crippen molar-refractivity contribution in [1.82, 2.24) is 10.3 Å². The molecule has 0 atom stereocenters. The van der Waals surface area contributed by atoms with Crippen LogP contribution in [0.2, 0.25) is 0 Å². The van der Waals surface area contributed by atoms with Crippen molar-refractivity contribution in [3.8, 4) is 0 Å². The van der Waals surface area contributed by atoms with Crippen LogP contribution in [0.5, 0.6) is 0 Å². The molecular weight excluding hydrogens is 324 g/mol. The largest absolute Gasteiger partial charge is 0.452 e. The van der Waals surface area contributed by atoms with E-state index in [1.165, 1.54) is 17.3 Å². The highest BCUT2D eigenvalue weighted by molar-refractivity contribution is 7.98. The zero-order chi connectivity index (χ0) is 17.2. The molecule has 0 aliphatic heterocycles. The maximum absolute atomic E-state index is 12.0. The van der Waals surface area contributed by atoms with E-state index in [-0.39, 0.29) is 12.5 Å². The first-order valence-electron chi connectivity index (χ1n) is 7.67. The van der Waals surface area contributed by atoms with E-state index in [1.54, 1.807) is 18.3 Å². The number of nitrogens with zero attached hydrogens (tertiary/aromatic N) is 1. The van der Waals surface area contributed by atoms with E-state index in [4.69, 9.17) is 4.74 Å². The van der Waals surface area contributed by atoms with E-state index >= 15 is 0 Å². The van der Waals surface area contributed by atoms with Gasteiger partial charge in [0, 0.05) is 12.7 Å². The molecule has 0 bridgehead atoms. The van der Waals surface area contributed by atoms with Crippen LogP contribution in [0.1, 0.15) is 22.3 Å². The van der Waals surface area contributed by atoms with Crippen molar-refractivity contribution in [2.24, 2.45) is 0 Å². The number of benzene rings is 1. The summed E-state index contributed by atoms with van der Waals surface area (Å²) in [5, 5.41) is 3.34. The molecule has 5 nitrogen and oxygen atoms in total. The van der Waals surface area contributed by atoms with E-state index in [1.807, 2.05) is 24.5 Å². The summed E-state index contributed by atoms with van der Waals surface area (Å²) < 4.78 is 5.04. The molecule has 0 aliphatic rings. The van der Waals surface area contributed by atoms with Crippen molar-refractivity contribution in [2.45, 2.75) is 17.9 Å². The van der Waals surface area contributed by atoms with E-state index in [0.717, 1.165) is 12.8 Å². The number of carbonyl (C=O) groups is 2. The number of thioether (sulfide) groups is 1. The van der Waals surface area contributed by atoms with Gasteiger partial charge in [0.1, 0.15) is 5.03 Å². The highest BCUT2D eigenvalue weighted by Gasteiger charge is 2.14. The Kier molecular flexibility index (Phi) is 7.29. The number of esters is 1. The molecule has 1 aromatic heterocycles. The van der Waals surface area contributed by atoms with Crippen LogP contribution in [0, 0.1) is 0 Å². The number of amides is 1. The molecule has 0 saturated heterocycles. The average Bonchev–Trinajstić information content (AvgIpc) is 2.64. The lowest BCUT2D eigenvalue weighted by molar-refractivity contribution is -0.124. The number of carbonyl (C=O) groups excluding carboxylic acids is 2.